The number of benzene rings is 9. The Kier molecular flexibility index (Phi) is 6.67. The van der Waals surface area contributed by atoms with Crippen LogP contribution in [0.2, 0.25) is 0 Å². The van der Waals surface area contributed by atoms with Crippen molar-refractivity contribution in [2.45, 2.75) is 24.7 Å². The first-order valence-electron chi connectivity index (χ1n) is 20.1. The summed E-state index contributed by atoms with van der Waals surface area (Å²) in [5.74, 6) is 0. The summed E-state index contributed by atoms with van der Waals surface area (Å²) in [6.07, 6.45) is 0. The second-order valence-corrected chi connectivity index (χ2v) is 16.4. The molecule has 0 N–H and O–H groups in total. The average molecular weight is 726 g/mol. The smallest absolute Gasteiger partial charge is 0.0746 e. The molecule has 0 saturated heterocycles. The minimum absolute atomic E-state index is 0.139. The van der Waals surface area contributed by atoms with Crippen LogP contribution in [0.15, 0.2) is 200 Å². The van der Waals surface area contributed by atoms with Crippen molar-refractivity contribution in [3.8, 4) is 44.5 Å². The monoisotopic (exact) mass is 725 g/mol. The highest BCUT2D eigenvalue weighted by atomic mass is 15.1. The Morgan fingerprint density at radius 3 is 1.79 bits per heavy atom. The van der Waals surface area contributed by atoms with E-state index in [1.807, 2.05) is 0 Å². The molecule has 1 unspecified atom stereocenters. The standard InChI is InChI=1S/C56H39N/c1-55(2)47-26-11-8-22-42(47)44-32-31-40(35-51(44)55)57(39-20-14-19-38(34-39)36-16-4-3-5-17-36)52-29-15-25-45-43-23-9-12-27-48(43)56(54(45)52)49-28-13-10-24-46(49)53-41-21-7-6-18-37(41)30-33-50(53)56/h3-35H,1-2H3. The van der Waals surface area contributed by atoms with Crippen LogP contribution < -0.4 is 4.90 Å². The predicted molar refractivity (Wildman–Crippen MR) is 238 cm³/mol. The number of nitrogens with zero attached hydrogens (tertiary/aromatic N) is 1. The van der Waals surface area contributed by atoms with Crippen molar-refractivity contribution in [3.05, 3.63) is 234 Å². The van der Waals surface area contributed by atoms with Crippen LogP contribution >= 0.6 is 0 Å². The van der Waals surface area contributed by atoms with E-state index in [-0.39, 0.29) is 5.41 Å². The van der Waals surface area contributed by atoms with Gasteiger partial charge in [0.25, 0.3) is 0 Å². The molecule has 1 spiro atoms. The van der Waals surface area contributed by atoms with E-state index in [2.05, 4.69) is 219 Å². The first kappa shape index (κ1) is 32.3. The fourth-order valence-electron chi connectivity index (χ4n) is 10.8. The van der Waals surface area contributed by atoms with E-state index >= 15 is 0 Å². The van der Waals surface area contributed by atoms with Gasteiger partial charge in [-0.3, -0.25) is 0 Å². The molecule has 0 fully saturated rings. The van der Waals surface area contributed by atoms with Gasteiger partial charge in [-0.2, -0.15) is 0 Å². The molecule has 3 aliphatic carbocycles. The van der Waals surface area contributed by atoms with E-state index in [4.69, 9.17) is 0 Å². The van der Waals surface area contributed by atoms with Crippen molar-refractivity contribution in [1.29, 1.82) is 0 Å². The number of hydrogen-bond donors (Lipinski definition) is 0. The van der Waals surface area contributed by atoms with Crippen molar-refractivity contribution in [1.82, 2.24) is 0 Å². The second-order valence-electron chi connectivity index (χ2n) is 16.4. The van der Waals surface area contributed by atoms with Gasteiger partial charge in [0.15, 0.2) is 0 Å². The van der Waals surface area contributed by atoms with E-state index < -0.39 is 5.41 Å². The van der Waals surface area contributed by atoms with Crippen LogP contribution in [-0.4, -0.2) is 0 Å². The van der Waals surface area contributed by atoms with E-state index in [1.165, 1.54) is 94.3 Å². The molecule has 9 aromatic rings. The molecule has 57 heavy (non-hydrogen) atoms. The summed E-state index contributed by atoms with van der Waals surface area (Å²) in [6.45, 7) is 4.76. The maximum Gasteiger partial charge on any atom is 0.0746 e. The Morgan fingerprint density at radius 2 is 0.965 bits per heavy atom. The van der Waals surface area contributed by atoms with Gasteiger partial charge in [-0.05, 0) is 113 Å². The topological polar surface area (TPSA) is 3.24 Å². The number of rotatable bonds is 4. The second kappa shape index (κ2) is 11.8. The van der Waals surface area contributed by atoms with Gasteiger partial charge in [-0.1, -0.05) is 184 Å². The lowest BCUT2D eigenvalue weighted by Gasteiger charge is -2.36. The Morgan fingerprint density at radius 1 is 0.368 bits per heavy atom. The molecule has 1 atom stereocenters. The Hall–Kier alpha value is -6.96. The van der Waals surface area contributed by atoms with Crippen molar-refractivity contribution < 1.29 is 0 Å². The molecule has 12 rings (SSSR count). The fourth-order valence-corrected chi connectivity index (χ4v) is 10.8. The van der Waals surface area contributed by atoms with Gasteiger partial charge in [0, 0.05) is 22.4 Å². The van der Waals surface area contributed by atoms with Crippen molar-refractivity contribution in [2.75, 3.05) is 4.90 Å². The summed E-state index contributed by atoms with van der Waals surface area (Å²) < 4.78 is 0. The molecule has 0 amide bonds. The zero-order valence-corrected chi connectivity index (χ0v) is 32.0. The average Bonchev–Trinajstić information content (AvgIpc) is 3.83. The molecular formula is C56H39N. The van der Waals surface area contributed by atoms with Gasteiger partial charge in [0.2, 0.25) is 0 Å². The van der Waals surface area contributed by atoms with Crippen molar-refractivity contribution >= 4 is 27.8 Å². The maximum absolute atomic E-state index is 2.56. The number of hydrogen-bond acceptors (Lipinski definition) is 1. The van der Waals surface area contributed by atoms with Gasteiger partial charge in [-0.15, -0.1) is 0 Å². The lowest BCUT2D eigenvalue weighted by molar-refractivity contribution is 0.660. The minimum atomic E-state index is -0.528. The zero-order valence-electron chi connectivity index (χ0n) is 32.0. The number of anilines is 3. The largest absolute Gasteiger partial charge is 0.310 e. The van der Waals surface area contributed by atoms with Crippen molar-refractivity contribution in [2.24, 2.45) is 0 Å². The van der Waals surface area contributed by atoms with Crippen LogP contribution in [0.1, 0.15) is 47.2 Å². The van der Waals surface area contributed by atoms with Gasteiger partial charge >= 0.3 is 0 Å². The molecule has 1 nitrogen and oxygen atoms in total. The maximum atomic E-state index is 2.56. The summed E-state index contributed by atoms with van der Waals surface area (Å²) in [6, 6.07) is 75.0. The van der Waals surface area contributed by atoms with Gasteiger partial charge < -0.3 is 4.90 Å². The minimum Gasteiger partial charge on any atom is -0.310 e. The Labute approximate surface area is 334 Å². The predicted octanol–water partition coefficient (Wildman–Crippen LogP) is 14.6. The fraction of sp³-hybridized carbons (Fsp3) is 0.0714. The SMILES string of the molecule is CC1(C)c2ccccc2-c2ccc(N(c3cccc(-c4ccccc4)c3)c3cccc4c3C3(c5ccccc5-4)c4ccccc4-c4c3ccc3ccccc43)cc21. The summed E-state index contributed by atoms with van der Waals surface area (Å²) in [7, 11) is 0. The summed E-state index contributed by atoms with van der Waals surface area (Å²) in [5, 5.41) is 2.57. The van der Waals surface area contributed by atoms with Crippen LogP contribution in [0, 0.1) is 0 Å². The zero-order chi connectivity index (χ0) is 37.9. The normalized spacial score (nSPS) is 16.1. The molecule has 268 valence electrons. The summed E-state index contributed by atoms with van der Waals surface area (Å²) >= 11 is 0. The third kappa shape index (κ3) is 4.29. The van der Waals surface area contributed by atoms with E-state index in [0.717, 1.165) is 11.4 Å². The molecule has 9 aromatic carbocycles. The summed E-state index contributed by atoms with van der Waals surface area (Å²) in [4.78, 5) is 2.56. The van der Waals surface area contributed by atoms with Crippen LogP contribution in [-0.2, 0) is 10.8 Å². The highest BCUT2D eigenvalue weighted by Crippen LogP contribution is 2.66. The van der Waals surface area contributed by atoms with Crippen LogP contribution in [0.4, 0.5) is 17.1 Å². The quantitative estimate of drug-likeness (QED) is 0.175. The lowest BCUT2D eigenvalue weighted by atomic mass is 9.69. The van der Waals surface area contributed by atoms with E-state index in [0.29, 0.717) is 0 Å². The highest BCUT2D eigenvalue weighted by molar-refractivity contribution is 6.07. The molecule has 0 saturated carbocycles. The lowest BCUT2D eigenvalue weighted by Crippen LogP contribution is -2.28. The Balaban J connectivity index is 1.19. The molecule has 0 aromatic heterocycles. The van der Waals surface area contributed by atoms with E-state index in [9.17, 15) is 0 Å². The van der Waals surface area contributed by atoms with Gasteiger partial charge in [-0.25, -0.2) is 0 Å². The number of fused-ring (bicyclic) bond motifs is 15. The third-order valence-electron chi connectivity index (χ3n) is 13.2. The molecule has 0 radical (unpaired) electrons. The van der Waals surface area contributed by atoms with Crippen LogP contribution in [0.3, 0.4) is 0 Å². The van der Waals surface area contributed by atoms with Crippen molar-refractivity contribution in [3.63, 3.8) is 0 Å². The highest BCUT2D eigenvalue weighted by Gasteiger charge is 2.53. The molecule has 0 heterocycles. The molecule has 1 heteroatoms. The van der Waals surface area contributed by atoms with E-state index in [1.54, 1.807) is 0 Å². The van der Waals surface area contributed by atoms with Crippen LogP contribution in [0.25, 0.3) is 55.3 Å². The molecule has 3 aliphatic rings. The molecule has 0 aliphatic heterocycles. The third-order valence-corrected chi connectivity index (χ3v) is 13.2. The summed E-state index contributed by atoms with van der Waals surface area (Å²) in [5.41, 5.74) is 21.2. The van der Waals surface area contributed by atoms with Crippen LogP contribution in [0.5, 0.6) is 0 Å². The first-order valence-corrected chi connectivity index (χ1v) is 20.1. The van der Waals surface area contributed by atoms with Gasteiger partial charge in [0.1, 0.15) is 0 Å². The van der Waals surface area contributed by atoms with Gasteiger partial charge in [0.05, 0.1) is 11.1 Å². The molecular weight excluding hydrogens is 687 g/mol. The molecule has 0 bridgehead atoms. The first-order chi connectivity index (χ1) is 28.0. The Bertz CT molecular complexity index is 3110.